The van der Waals surface area contributed by atoms with Crippen LogP contribution in [-0.4, -0.2) is 23.5 Å². The largest absolute Gasteiger partial charge is 0.481 e. The van der Waals surface area contributed by atoms with Crippen molar-refractivity contribution < 1.29 is 14.7 Å². The number of nitrogens with zero attached hydrogens (tertiary/aromatic N) is 1. The van der Waals surface area contributed by atoms with Crippen LogP contribution in [-0.2, 0) is 9.59 Å². The van der Waals surface area contributed by atoms with E-state index in [9.17, 15) is 9.59 Å². The summed E-state index contributed by atoms with van der Waals surface area (Å²) in [5.74, 6) is -2.07. The Bertz CT molecular complexity index is 490. The average Bonchev–Trinajstić information content (AvgIpc) is 2.70. The molecule has 4 nitrogen and oxygen atoms in total. The summed E-state index contributed by atoms with van der Waals surface area (Å²) in [6.45, 7) is 9.83. The Morgan fingerprint density at radius 1 is 1.25 bits per heavy atom. The second-order valence-corrected chi connectivity index (χ2v) is 4.92. The Balaban J connectivity index is 0.000000956. The molecule has 0 spiro atoms. The van der Waals surface area contributed by atoms with Crippen LogP contribution in [0.2, 0.25) is 0 Å². The van der Waals surface area contributed by atoms with E-state index < -0.39 is 17.8 Å². The first-order valence-corrected chi connectivity index (χ1v) is 7.04. The molecule has 1 aromatic rings. The van der Waals surface area contributed by atoms with E-state index >= 15 is 0 Å². The molecule has 1 N–H and O–H groups in total. The van der Waals surface area contributed by atoms with Crippen LogP contribution < -0.4 is 4.90 Å². The van der Waals surface area contributed by atoms with Crippen LogP contribution in [0.25, 0.3) is 0 Å². The number of carbonyl (C=O) groups is 2. The van der Waals surface area contributed by atoms with Gasteiger partial charge in [0.2, 0.25) is 5.91 Å². The smallest absolute Gasteiger partial charge is 0.309 e. The molecule has 0 aromatic heterocycles. The van der Waals surface area contributed by atoms with E-state index in [0.717, 1.165) is 16.8 Å². The monoisotopic (exact) mass is 277 g/mol. The van der Waals surface area contributed by atoms with Crippen molar-refractivity contribution in [2.45, 2.75) is 34.6 Å². The van der Waals surface area contributed by atoms with E-state index in [1.165, 1.54) is 0 Å². The van der Waals surface area contributed by atoms with Gasteiger partial charge < -0.3 is 10.0 Å². The lowest BCUT2D eigenvalue weighted by molar-refractivity contribution is -0.143. The molecule has 4 heteroatoms. The second kappa shape index (κ2) is 6.55. The van der Waals surface area contributed by atoms with Gasteiger partial charge in [-0.15, -0.1) is 0 Å². The Labute approximate surface area is 120 Å². The molecule has 1 saturated heterocycles. The summed E-state index contributed by atoms with van der Waals surface area (Å²) < 4.78 is 0. The topological polar surface area (TPSA) is 57.6 Å². The number of hydrogen-bond acceptors (Lipinski definition) is 2. The lowest BCUT2D eigenvalue weighted by Crippen LogP contribution is -2.27. The van der Waals surface area contributed by atoms with Gasteiger partial charge in [-0.25, -0.2) is 0 Å². The van der Waals surface area contributed by atoms with Crippen LogP contribution in [0.4, 0.5) is 5.69 Å². The summed E-state index contributed by atoms with van der Waals surface area (Å²) >= 11 is 0. The molecule has 0 radical (unpaired) electrons. The number of rotatable bonds is 2. The number of carbonyl (C=O) groups excluding carboxylic acids is 1. The van der Waals surface area contributed by atoms with Gasteiger partial charge in [0.25, 0.3) is 0 Å². The quantitative estimate of drug-likeness (QED) is 0.904. The number of aryl methyl sites for hydroxylation is 2. The summed E-state index contributed by atoms with van der Waals surface area (Å²) in [7, 11) is 0. The molecular weight excluding hydrogens is 254 g/mol. The van der Waals surface area contributed by atoms with Crippen molar-refractivity contribution in [3.63, 3.8) is 0 Å². The fraction of sp³-hybridized carbons (Fsp3) is 0.500. The molecule has 0 bridgehead atoms. The van der Waals surface area contributed by atoms with E-state index in [0.29, 0.717) is 0 Å². The highest BCUT2D eigenvalue weighted by molar-refractivity contribution is 6.01. The molecule has 20 heavy (non-hydrogen) atoms. The van der Waals surface area contributed by atoms with Crippen molar-refractivity contribution in [1.82, 2.24) is 0 Å². The Hall–Kier alpha value is -1.84. The van der Waals surface area contributed by atoms with Gasteiger partial charge in [0, 0.05) is 12.2 Å². The number of benzene rings is 1. The molecule has 1 aliphatic heterocycles. The molecule has 1 fully saturated rings. The number of para-hydroxylation sites is 1. The number of hydrogen-bond donors (Lipinski definition) is 1. The number of anilines is 1. The molecule has 2 atom stereocenters. The third kappa shape index (κ3) is 2.84. The molecule has 2 unspecified atom stereocenters. The van der Waals surface area contributed by atoms with Gasteiger partial charge in [0.05, 0.1) is 11.8 Å². The van der Waals surface area contributed by atoms with E-state index in [1.54, 1.807) is 11.8 Å². The lowest BCUT2D eigenvalue weighted by atomic mass is 9.98. The van der Waals surface area contributed by atoms with Gasteiger partial charge in [-0.1, -0.05) is 39.0 Å². The van der Waals surface area contributed by atoms with E-state index in [2.05, 4.69) is 0 Å². The van der Waals surface area contributed by atoms with Gasteiger partial charge in [-0.2, -0.15) is 0 Å². The van der Waals surface area contributed by atoms with E-state index in [4.69, 9.17) is 5.11 Å². The van der Waals surface area contributed by atoms with Crippen LogP contribution in [0, 0.1) is 25.7 Å². The van der Waals surface area contributed by atoms with Crippen LogP contribution in [0.3, 0.4) is 0 Å². The third-order valence-electron chi connectivity index (χ3n) is 3.66. The number of amides is 1. The SMILES string of the molecule is CC.Cc1cccc(C)c1N1CC(C(=O)O)C(C)C1=O. The summed E-state index contributed by atoms with van der Waals surface area (Å²) in [6, 6.07) is 5.82. The van der Waals surface area contributed by atoms with E-state index in [1.807, 2.05) is 45.9 Å². The number of aliphatic carboxylic acids is 1. The fourth-order valence-electron chi connectivity index (χ4n) is 2.59. The van der Waals surface area contributed by atoms with Crippen molar-refractivity contribution in [2.75, 3.05) is 11.4 Å². The van der Waals surface area contributed by atoms with Crippen LogP contribution in [0.15, 0.2) is 18.2 Å². The van der Waals surface area contributed by atoms with Gasteiger partial charge in [0.15, 0.2) is 0 Å². The molecule has 2 rings (SSSR count). The fourth-order valence-corrected chi connectivity index (χ4v) is 2.59. The average molecular weight is 277 g/mol. The molecule has 110 valence electrons. The third-order valence-corrected chi connectivity index (χ3v) is 3.66. The van der Waals surface area contributed by atoms with Crippen molar-refractivity contribution in [2.24, 2.45) is 11.8 Å². The molecule has 1 heterocycles. The highest BCUT2D eigenvalue weighted by Crippen LogP contribution is 2.33. The zero-order chi connectivity index (χ0) is 15.4. The summed E-state index contributed by atoms with van der Waals surface area (Å²) in [5, 5.41) is 9.13. The molecule has 1 aliphatic rings. The first kappa shape index (κ1) is 16.2. The summed E-state index contributed by atoms with van der Waals surface area (Å²) in [6.07, 6.45) is 0. The van der Waals surface area contributed by atoms with Crippen LogP contribution in [0.5, 0.6) is 0 Å². The van der Waals surface area contributed by atoms with Crippen LogP contribution in [0.1, 0.15) is 31.9 Å². The normalized spacial score (nSPS) is 21.4. The van der Waals surface area contributed by atoms with Gasteiger partial charge in [-0.3, -0.25) is 9.59 Å². The van der Waals surface area contributed by atoms with Gasteiger partial charge in [0.1, 0.15) is 0 Å². The zero-order valence-electron chi connectivity index (χ0n) is 12.8. The second-order valence-electron chi connectivity index (χ2n) is 4.92. The minimum Gasteiger partial charge on any atom is -0.481 e. The molecule has 1 aromatic carbocycles. The van der Waals surface area contributed by atoms with Crippen LogP contribution >= 0.6 is 0 Å². The Morgan fingerprint density at radius 2 is 1.75 bits per heavy atom. The summed E-state index contributed by atoms with van der Waals surface area (Å²) in [4.78, 5) is 24.9. The maximum absolute atomic E-state index is 12.2. The van der Waals surface area contributed by atoms with Crippen molar-refractivity contribution in [3.8, 4) is 0 Å². The first-order chi connectivity index (χ1) is 9.43. The van der Waals surface area contributed by atoms with E-state index in [-0.39, 0.29) is 12.5 Å². The van der Waals surface area contributed by atoms with Crippen molar-refractivity contribution >= 4 is 17.6 Å². The highest BCUT2D eigenvalue weighted by atomic mass is 16.4. The van der Waals surface area contributed by atoms with Crippen molar-refractivity contribution in [3.05, 3.63) is 29.3 Å². The van der Waals surface area contributed by atoms with Gasteiger partial charge in [-0.05, 0) is 25.0 Å². The number of carboxylic acids is 1. The zero-order valence-corrected chi connectivity index (χ0v) is 12.8. The minimum absolute atomic E-state index is 0.0974. The minimum atomic E-state index is -0.899. The maximum Gasteiger partial charge on any atom is 0.309 e. The molecule has 1 amide bonds. The number of carboxylic acid groups (broad SMARTS) is 1. The van der Waals surface area contributed by atoms with Gasteiger partial charge >= 0.3 is 5.97 Å². The lowest BCUT2D eigenvalue weighted by Gasteiger charge is -2.21. The highest BCUT2D eigenvalue weighted by Gasteiger charge is 2.42. The van der Waals surface area contributed by atoms with Crippen molar-refractivity contribution in [1.29, 1.82) is 0 Å². The Kier molecular flexibility index (Phi) is 5.31. The molecular formula is C16H23NO3. The molecule has 0 aliphatic carbocycles. The first-order valence-electron chi connectivity index (χ1n) is 7.04. The standard InChI is InChI=1S/C14H17NO3.C2H6/c1-8-5-4-6-9(2)12(8)15-7-11(14(17)18)10(3)13(15)16;1-2/h4-6,10-11H,7H2,1-3H3,(H,17,18);1-2H3. The molecule has 0 saturated carbocycles. The summed E-state index contributed by atoms with van der Waals surface area (Å²) in [5.41, 5.74) is 2.86. The maximum atomic E-state index is 12.2. The predicted octanol–water partition coefficient (Wildman–Crippen LogP) is 3.01. The Morgan fingerprint density at radius 3 is 2.15 bits per heavy atom. The predicted molar refractivity (Wildman–Crippen MR) is 79.9 cm³/mol.